The van der Waals surface area contributed by atoms with E-state index in [1.54, 1.807) is 0 Å². The molecular formula is C32H21N3. The van der Waals surface area contributed by atoms with Crippen LogP contribution < -0.4 is 4.90 Å². The zero-order valence-corrected chi connectivity index (χ0v) is 19.0. The number of hydrogen-bond acceptors (Lipinski definition) is 3. The second kappa shape index (κ2) is 7.93. The molecule has 0 N–H and O–H groups in total. The molecule has 0 bridgehead atoms. The molecule has 3 heteroatoms. The highest BCUT2D eigenvalue weighted by Gasteiger charge is 2.22. The highest BCUT2D eigenvalue weighted by molar-refractivity contribution is 6.18. The summed E-state index contributed by atoms with van der Waals surface area (Å²) in [5.41, 5.74) is 11.0. The Morgan fingerprint density at radius 3 is 1.54 bits per heavy atom. The minimum atomic E-state index is 1.06. The zero-order valence-electron chi connectivity index (χ0n) is 19.0. The van der Waals surface area contributed by atoms with Crippen LogP contribution in [0.4, 0.5) is 17.1 Å². The van der Waals surface area contributed by atoms with Crippen molar-refractivity contribution < 1.29 is 0 Å². The Hall–Kier alpha value is -4.76. The van der Waals surface area contributed by atoms with Crippen molar-refractivity contribution in [3.05, 3.63) is 128 Å². The van der Waals surface area contributed by atoms with Crippen LogP contribution in [0.1, 0.15) is 0 Å². The number of fused-ring (bicyclic) bond motifs is 3. The molecule has 0 unspecified atom stereocenters. The van der Waals surface area contributed by atoms with Crippen molar-refractivity contribution in [3.63, 3.8) is 0 Å². The van der Waals surface area contributed by atoms with Crippen LogP contribution in [0.25, 0.3) is 44.2 Å². The van der Waals surface area contributed by atoms with Crippen LogP contribution in [0.3, 0.4) is 0 Å². The van der Waals surface area contributed by atoms with Gasteiger partial charge in [0, 0.05) is 41.8 Å². The first-order valence-corrected chi connectivity index (χ1v) is 11.7. The molecule has 0 saturated heterocycles. The topological polar surface area (TPSA) is 29.0 Å². The Morgan fingerprint density at radius 1 is 0.400 bits per heavy atom. The Kier molecular flexibility index (Phi) is 4.46. The van der Waals surface area contributed by atoms with Crippen LogP contribution in [0.2, 0.25) is 0 Å². The minimum absolute atomic E-state index is 1.06. The van der Waals surface area contributed by atoms with Gasteiger partial charge in [0.1, 0.15) is 0 Å². The van der Waals surface area contributed by atoms with Crippen molar-refractivity contribution in [2.75, 3.05) is 4.90 Å². The average Bonchev–Trinajstić information content (AvgIpc) is 3.26. The molecular weight excluding hydrogens is 426 g/mol. The van der Waals surface area contributed by atoms with Crippen LogP contribution in [0.5, 0.6) is 0 Å². The summed E-state index contributed by atoms with van der Waals surface area (Å²) in [5.74, 6) is 0. The first kappa shape index (κ1) is 19.7. The fourth-order valence-electron chi connectivity index (χ4n) is 5.28. The van der Waals surface area contributed by atoms with Crippen molar-refractivity contribution in [3.8, 4) is 33.4 Å². The fourth-order valence-corrected chi connectivity index (χ4v) is 5.28. The Morgan fingerprint density at radius 2 is 0.914 bits per heavy atom. The molecule has 3 nitrogen and oxygen atoms in total. The van der Waals surface area contributed by atoms with Gasteiger partial charge in [-0.25, -0.2) is 0 Å². The van der Waals surface area contributed by atoms with E-state index in [1.165, 1.54) is 44.2 Å². The zero-order chi connectivity index (χ0) is 23.2. The van der Waals surface area contributed by atoms with Crippen LogP contribution >= 0.6 is 0 Å². The molecule has 0 saturated carbocycles. The SMILES string of the molecule is c1ccc2c(c1)-c1cccc3c(-c4ccc(N(c5ccncc5)c5ccncc5)cc4)ccc-2c13. The largest absolute Gasteiger partial charge is 0.310 e. The maximum Gasteiger partial charge on any atom is 0.0492 e. The summed E-state index contributed by atoms with van der Waals surface area (Å²) in [6, 6.07) is 36.8. The first-order valence-electron chi connectivity index (χ1n) is 11.7. The van der Waals surface area contributed by atoms with Crippen LogP contribution in [-0.2, 0) is 0 Å². The van der Waals surface area contributed by atoms with Gasteiger partial charge >= 0.3 is 0 Å². The predicted molar refractivity (Wildman–Crippen MR) is 144 cm³/mol. The molecule has 164 valence electrons. The molecule has 6 aromatic rings. The van der Waals surface area contributed by atoms with E-state index < -0.39 is 0 Å². The maximum absolute atomic E-state index is 4.19. The summed E-state index contributed by atoms with van der Waals surface area (Å²) in [6.45, 7) is 0. The second-order valence-corrected chi connectivity index (χ2v) is 8.73. The number of pyridine rings is 2. The molecule has 0 radical (unpaired) electrons. The van der Waals surface area contributed by atoms with Crippen LogP contribution in [0, 0.1) is 0 Å². The van der Waals surface area contributed by atoms with E-state index in [1.807, 2.05) is 49.1 Å². The van der Waals surface area contributed by atoms with Gasteiger partial charge in [-0.2, -0.15) is 0 Å². The standard InChI is InChI=1S/C32H21N3/c1-2-5-28-27(4-1)30-7-3-6-29-26(12-13-31(28)32(29)30)22-8-10-23(11-9-22)35(24-14-18-33-19-15-24)25-16-20-34-21-17-25/h1-21H. The second-order valence-electron chi connectivity index (χ2n) is 8.73. The number of benzene rings is 4. The summed E-state index contributed by atoms with van der Waals surface area (Å²) in [4.78, 5) is 10.6. The fraction of sp³-hybridized carbons (Fsp3) is 0. The lowest BCUT2D eigenvalue weighted by atomic mass is 9.94. The lowest BCUT2D eigenvalue weighted by Gasteiger charge is -2.25. The highest BCUT2D eigenvalue weighted by Crippen LogP contribution is 2.49. The summed E-state index contributed by atoms with van der Waals surface area (Å²) in [7, 11) is 0. The van der Waals surface area contributed by atoms with Gasteiger partial charge in [0.15, 0.2) is 0 Å². The molecule has 1 aliphatic carbocycles. The predicted octanol–water partition coefficient (Wildman–Crippen LogP) is 8.41. The normalized spacial score (nSPS) is 11.4. The number of hydrogen-bond donors (Lipinski definition) is 0. The first-order chi connectivity index (χ1) is 17.4. The lowest BCUT2D eigenvalue weighted by Crippen LogP contribution is -2.09. The third-order valence-electron chi connectivity index (χ3n) is 6.83. The maximum atomic E-state index is 4.19. The van der Waals surface area contributed by atoms with Gasteiger partial charge in [-0.05, 0) is 80.6 Å². The van der Waals surface area contributed by atoms with E-state index >= 15 is 0 Å². The van der Waals surface area contributed by atoms with Gasteiger partial charge in [-0.1, -0.05) is 66.7 Å². The third kappa shape index (κ3) is 3.13. The van der Waals surface area contributed by atoms with Crippen molar-refractivity contribution in [2.45, 2.75) is 0 Å². The number of nitrogens with zero attached hydrogens (tertiary/aromatic N) is 3. The molecule has 2 aromatic heterocycles. The van der Waals surface area contributed by atoms with E-state index in [4.69, 9.17) is 0 Å². The van der Waals surface area contributed by atoms with E-state index in [-0.39, 0.29) is 0 Å². The van der Waals surface area contributed by atoms with Gasteiger partial charge in [0.2, 0.25) is 0 Å². The highest BCUT2D eigenvalue weighted by atomic mass is 15.1. The molecule has 7 rings (SSSR count). The number of aromatic nitrogens is 2. The molecule has 35 heavy (non-hydrogen) atoms. The summed E-state index contributed by atoms with van der Waals surface area (Å²) in [5, 5.41) is 2.65. The van der Waals surface area contributed by atoms with Gasteiger partial charge in [-0.3, -0.25) is 9.97 Å². The van der Waals surface area contributed by atoms with E-state index in [9.17, 15) is 0 Å². The van der Waals surface area contributed by atoms with E-state index in [2.05, 4.69) is 93.7 Å². The molecule has 0 fully saturated rings. The molecule has 0 spiro atoms. The van der Waals surface area contributed by atoms with Gasteiger partial charge < -0.3 is 4.90 Å². The van der Waals surface area contributed by atoms with Gasteiger partial charge in [0.05, 0.1) is 0 Å². The molecule has 1 aliphatic rings. The number of anilines is 3. The molecule has 2 heterocycles. The van der Waals surface area contributed by atoms with Crippen molar-refractivity contribution in [2.24, 2.45) is 0 Å². The number of rotatable bonds is 4. The smallest absolute Gasteiger partial charge is 0.0492 e. The minimum Gasteiger partial charge on any atom is -0.310 e. The molecule has 0 amide bonds. The summed E-state index contributed by atoms with van der Waals surface area (Å²) >= 11 is 0. The quantitative estimate of drug-likeness (QED) is 0.271. The monoisotopic (exact) mass is 447 g/mol. The lowest BCUT2D eigenvalue weighted by molar-refractivity contribution is 1.22. The van der Waals surface area contributed by atoms with Crippen LogP contribution in [0.15, 0.2) is 128 Å². The Labute approximate surface area is 204 Å². The van der Waals surface area contributed by atoms with Crippen molar-refractivity contribution in [1.29, 1.82) is 0 Å². The summed E-state index contributed by atoms with van der Waals surface area (Å²) in [6.07, 6.45) is 7.29. The average molecular weight is 448 g/mol. The summed E-state index contributed by atoms with van der Waals surface area (Å²) < 4.78 is 0. The molecule has 0 aliphatic heterocycles. The van der Waals surface area contributed by atoms with E-state index in [0.29, 0.717) is 0 Å². The van der Waals surface area contributed by atoms with Crippen LogP contribution in [-0.4, -0.2) is 9.97 Å². The molecule has 0 atom stereocenters. The van der Waals surface area contributed by atoms with Gasteiger partial charge in [0.25, 0.3) is 0 Å². The van der Waals surface area contributed by atoms with E-state index in [0.717, 1.165) is 17.1 Å². The Bertz CT molecular complexity index is 1610. The van der Waals surface area contributed by atoms with Crippen molar-refractivity contribution >= 4 is 27.8 Å². The Balaban J connectivity index is 1.34. The van der Waals surface area contributed by atoms with Crippen molar-refractivity contribution in [1.82, 2.24) is 9.97 Å². The molecule has 4 aromatic carbocycles. The third-order valence-corrected chi connectivity index (χ3v) is 6.83. The van der Waals surface area contributed by atoms with Gasteiger partial charge in [-0.15, -0.1) is 0 Å².